The number of aromatic amines is 1. The molecule has 3 rings (SSSR count). The zero-order valence-corrected chi connectivity index (χ0v) is 15.4. The van der Waals surface area contributed by atoms with Crippen molar-refractivity contribution >= 4 is 17.7 Å². The lowest BCUT2D eigenvalue weighted by atomic mass is 10.0. The molecule has 5 nitrogen and oxygen atoms in total. The van der Waals surface area contributed by atoms with Crippen LogP contribution in [0.1, 0.15) is 64.1 Å². The van der Waals surface area contributed by atoms with E-state index in [1.165, 1.54) is 56.0 Å². The quantitative estimate of drug-likeness (QED) is 0.758. The Morgan fingerprint density at radius 2 is 2.17 bits per heavy atom. The molecule has 1 saturated carbocycles. The molecule has 0 unspecified atom stereocenters. The van der Waals surface area contributed by atoms with Gasteiger partial charge in [0.25, 0.3) is 0 Å². The average Bonchev–Trinajstić information content (AvgIpc) is 3.27. The summed E-state index contributed by atoms with van der Waals surface area (Å²) in [5, 5.41) is 8.01. The summed E-state index contributed by atoms with van der Waals surface area (Å²) in [6.07, 6.45) is 13.1. The van der Waals surface area contributed by atoms with E-state index in [2.05, 4.69) is 21.3 Å². The van der Waals surface area contributed by atoms with Crippen LogP contribution in [0, 0.1) is 5.92 Å². The van der Waals surface area contributed by atoms with Crippen LogP contribution in [0.4, 0.5) is 0 Å². The summed E-state index contributed by atoms with van der Waals surface area (Å²) in [4.78, 5) is 19.0. The molecular weight excluding hydrogens is 320 g/mol. The number of carbonyl (C=O) groups is 1. The predicted molar refractivity (Wildman–Crippen MR) is 96.7 cm³/mol. The summed E-state index contributed by atoms with van der Waals surface area (Å²) in [5.74, 6) is 2.30. The van der Waals surface area contributed by atoms with E-state index in [1.807, 2.05) is 11.8 Å². The van der Waals surface area contributed by atoms with Gasteiger partial charge in [0.1, 0.15) is 5.82 Å². The minimum absolute atomic E-state index is 0.165. The standard InChI is InChI=1S/C18H28N4OS/c1-2-22(15-10-4-3-5-11-15)17(23)13-24-18-19-16(20-21-18)12-14-8-6-7-9-14/h10,14H,2-9,11-13H2,1H3,(H,19,20,21). The van der Waals surface area contributed by atoms with Gasteiger partial charge >= 0.3 is 0 Å². The summed E-state index contributed by atoms with van der Waals surface area (Å²) < 4.78 is 0. The smallest absolute Gasteiger partial charge is 0.237 e. The number of nitrogens with zero attached hydrogens (tertiary/aromatic N) is 3. The zero-order chi connectivity index (χ0) is 16.8. The van der Waals surface area contributed by atoms with Crippen LogP contribution in [0.25, 0.3) is 0 Å². The first kappa shape index (κ1) is 17.5. The van der Waals surface area contributed by atoms with Gasteiger partial charge in [0.15, 0.2) is 0 Å². The number of amides is 1. The van der Waals surface area contributed by atoms with Crippen LogP contribution in [0.2, 0.25) is 0 Å². The third-order valence-electron chi connectivity index (χ3n) is 5.02. The number of allylic oxidation sites excluding steroid dienone is 2. The van der Waals surface area contributed by atoms with Crippen LogP contribution in [0.3, 0.4) is 0 Å². The average molecular weight is 349 g/mol. The summed E-state index contributed by atoms with van der Waals surface area (Å²) in [7, 11) is 0. The van der Waals surface area contributed by atoms with Crippen molar-refractivity contribution in [3.05, 3.63) is 17.6 Å². The molecule has 0 radical (unpaired) electrons. The van der Waals surface area contributed by atoms with Crippen LogP contribution in [0.5, 0.6) is 0 Å². The molecular formula is C18H28N4OS. The number of rotatable bonds is 7. The van der Waals surface area contributed by atoms with Crippen LogP contribution in [0.15, 0.2) is 16.9 Å². The highest BCUT2D eigenvalue weighted by Gasteiger charge is 2.20. The SMILES string of the molecule is CCN(C(=O)CSc1n[nH]c(CC2CCCC2)n1)C1=CCCCC1. The van der Waals surface area contributed by atoms with E-state index < -0.39 is 0 Å². The molecule has 1 N–H and O–H groups in total. The summed E-state index contributed by atoms with van der Waals surface area (Å²) in [5.41, 5.74) is 1.20. The van der Waals surface area contributed by atoms with E-state index in [0.717, 1.165) is 37.5 Å². The van der Waals surface area contributed by atoms with Gasteiger partial charge in [-0.15, -0.1) is 5.10 Å². The Hall–Kier alpha value is -1.30. The number of hydrogen-bond acceptors (Lipinski definition) is 4. The lowest BCUT2D eigenvalue weighted by molar-refractivity contribution is -0.126. The minimum atomic E-state index is 0.165. The molecule has 1 aromatic heterocycles. The molecule has 1 aromatic rings. The number of aromatic nitrogens is 3. The summed E-state index contributed by atoms with van der Waals surface area (Å²) >= 11 is 1.44. The number of hydrogen-bond donors (Lipinski definition) is 1. The molecule has 0 aliphatic heterocycles. The minimum Gasteiger partial charge on any atom is -0.316 e. The summed E-state index contributed by atoms with van der Waals surface area (Å²) in [6, 6.07) is 0. The van der Waals surface area contributed by atoms with Crippen LogP contribution in [-0.2, 0) is 11.2 Å². The normalized spacial score (nSPS) is 18.6. The monoisotopic (exact) mass is 348 g/mol. The lowest BCUT2D eigenvalue weighted by Crippen LogP contribution is -2.32. The van der Waals surface area contributed by atoms with Crippen LogP contribution in [-0.4, -0.2) is 38.3 Å². The highest BCUT2D eigenvalue weighted by Crippen LogP contribution is 2.27. The Labute approximate surface area is 148 Å². The lowest BCUT2D eigenvalue weighted by Gasteiger charge is -2.26. The molecule has 0 bridgehead atoms. The molecule has 24 heavy (non-hydrogen) atoms. The molecule has 132 valence electrons. The Balaban J connectivity index is 1.50. The van der Waals surface area contributed by atoms with E-state index >= 15 is 0 Å². The fourth-order valence-electron chi connectivity index (χ4n) is 3.73. The molecule has 0 atom stereocenters. The van der Waals surface area contributed by atoms with Crippen molar-refractivity contribution < 1.29 is 4.79 Å². The second kappa shape index (κ2) is 8.70. The van der Waals surface area contributed by atoms with Crippen LogP contribution >= 0.6 is 11.8 Å². The maximum absolute atomic E-state index is 12.5. The van der Waals surface area contributed by atoms with Crippen LogP contribution < -0.4 is 0 Å². The van der Waals surface area contributed by atoms with Gasteiger partial charge in [0.05, 0.1) is 5.75 Å². The Morgan fingerprint density at radius 1 is 1.33 bits per heavy atom. The largest absolute Gasteiger partial charge is 0.316 e. The summed E-state index contributed by atoms with van der Waals surface area (Å²) in [6.45, 7) is 2.79. The number of carbonyl (C=O) groups excluding carboxylic acids is 1. The van der Waals surface area contributed by atoms with E-state index in [9.17, 15) is 4.79 Å². The number of nitrogens with one attached hydrogen (secondary N) is 1. The van der Waals surface area contributed by atoms with Crippen molar-refractivity contribution in [3.8, 4) is 0 Å². The van der Waals surface area contributed by atoms with Crippen molar-refractivity contribution in [2.24, 2.45) is 5.92 Å². The van der Waals surface area contributed by atoms with E-state index in [1.54, 1.807) is 0 Å². The first-order valence-corrected chi connectivity index (χ1v) is 10.3. The molecule has 0 saturated heterocycles. The van der Waals surface area contributed by atoms with Crippen molar-refractivity contribution in [2.45, 2.75) is 69.9 Å². The first-order chi connectivity index (χ1) is 11.8. The third-order valence-corrected chi connectivity index (χ3v) is 5.86. The second-order valence-electron chi connectivity index (χ2n) is 6.79. The van der Waals surface area contributed by atoms with Gasteiger partial charge in [-0.2, -0.15) is 0 Å². The fraction of sp³-hybridized carbons (Fsp3) is 0.722. The van der Waals surface area contributed by atoms with Gasteiger partial charge in [0.2, 0.25) is 11.1 Å². The highest BCUT2D eigenvalue weighted by atomic mass is 32.2. The molecule has 1 heterocycles. The number of thioether (sulfide) groups is 1. The van der Waals surface area contributed by atoms with Gasteiger partial charge in [-0.1, -0.05) is 43.5 Å². The van der Waals surface area contributed by atoms with Gasteiger partial charge in [-0.25, -0.2) is 4.98 Å². The van der Waals surface area contributed by atoms with Gasteiger partial charge in [-0.05, 0) is 38.5 Å². The number of H-pyrrole nitrogens is 1. The molecule has 0 spiro atoms. The van der Waals surface area contributed by atoms with E-state index in [4.69, 9.17) is 0 Å². The Morgan fingerprint density at radius 3 is 2.88 bits per heavy atom. The molecule has 0 aromatic carbocycles. The van der Waals surface area contributed by atoms with Gasteiger partial charge < -0.3 is 4.90 Å². The van der Waals surface area contributed by atoms with Crippen molar-refractivity contribution in [1.82, 2.24) is 20.1 Å². The Bertz CT molecular complexity index is 577. The predicted octanol–water partition coefficient (Wildman–Crippen LogP) is 3.94. The van der Waals surface area contributed by atoms with Gasteiger partial charge in [-0.3, -0.25) is 9.89 Å². The fourth-order valence-corrected chi connectivity index (χ4v) is 4.43. The highest BCUT2D eigenvalue weighted by molar-refractivity contribution is 7.99. The Kier molecular flexibility index (Phi) is 6.35. The van der Waals surface area contributed by atoms with Crippen molar-refractivity contribution in [1.29, 1.82) is 0 Å². The second-order valence-corrected chi connectivity index (χ2v) is 7.73. The van der Waals surface area contributed by atoms with E-state index in [0.29, 0.717) is 10.9 Å². The van der Waals surface area contributed by atoms with Crippen molar-refractivity contribution in [2.75, 3.05) is 12.3 Å². The molecule has 1 fully saturated rings. The molecule has 2 aliphatic rings. The molecule has 2 aliphatic carbocycles. The maximum Gasteiger partial charge on any atom is 0.237 e. The maximum atomic E-state index is 12.5. The molecule has 1 amide bonds. The van der Waals surface area contributed by atoms with Crippen molar-refractivity contribution in [3.63, 3.8) is 0 Å². The van der Waals surface area contributed by atoms with E-state index in [-0.39, 0.29) is 5.91 Å². The third kappa shape index (κ3) is 4.62. The topological polar surface area (TPSA) is 61.9 Å². The zero-order valence-electron chi connectivity index (χ0n) is 14.6. The molecule has 6 heteroatoms. The van der Waals surface area contributed by atoms with Gasteiger partial charge in [0, 0.05) is 18.7 Å². The first-order valence-electron chi connectivity index (χ1n) is 9.29.